The molecule has 2 atom stereocenters. The number of nitrogens with zero attached hydrogens (tertiary/aromatic N) is 1. The zero-order valence-corrected chi connectivity index (χ0v) is 17.9. The molecule has 0 bridgehead atoms. The average Bonchev–Trinajstić information content (AvgIpc) is 2.70. The van der Waals surface area contributed by atoms with Gasteiger partial charge in [-0.3, -0.25) is 9.59 Å². The highest BCUT2D eigenvalue weighted by Gasteiger charge is 2.29. The zero-order valence-electron chi connectivity index (χ0n) is 17.1. The molecule has 0 fully saturated rings. The van der Waals surface area contributed by atoms with Gasteiger partial charge in [0, 0.05) is 17.6 Å². The third-order valence-corrected chi connectivity index (χ3v) is 5.17. The number of hydrogen-bond donors (Lipinski definition) is 1. The maximum absolute atomic E-state index is 13.3. The minimum atomic E-state index is -0.603. The molecule has 0 unspecified atom stereocenters. The highest BCUT2D eigenvalue weighted by Crippen LogP contribution is 2.17. The highest BCUT2D eigenvalue weighted by atomic mass is 35.5. The van der Waals surface area contributed by atoms with Gasteiger partial charge in [-0.05, 0) is 55.2 Å². The number of hydrogen-bond acceptors (Lipinski definition) is 2. The van der Waals surface area contributed by atoms with Gasteiger partial charge >= 0.3 is 0 Å². The minimum Gasteiger partial charge on any atom is -0.352 e. The lowest BCUT2D eigenvalue weighted by molar-refractivity contribution is -0.141. The number of amides is 2. The quantitative estimate of drug-likeness (QED) is 0.639. The van der Waals surface area contributed by atoms with E-state index in [0.29, 0.717) is 11.4 Å². The van der Waals surface area contributed by atoms with Gasteiger partial charge in [0.25, 0.3) is 0 Å². The molecule has 0 saturated heterocycles. The first-order valence-corrected chi connectivity index (χ1v) is 10.3. The molecule has 0 aliphatic carbocycles. The number of carbonyl (C=O) groups excluding carboxylic acids is 2. The lowest BCUT2D eigenvalue weighted by Gasteiger charge is -2.31. The summed E-state index contributed by atoms with van der Waals surface area (Å²) in [4.78, 5) is 27.6. The van der Waals surface area contributed by atoms with Crippen LogP contribution in [0.4, 0.5) is 4.39 Å². The zero-order chi connectivity index (χ0) is 21.4. The number of carbonyl (C=O) groups is 2. The fourth-order valence-corrected chi connectivity index (χ4v) is 3.15. The van der Waals surface area contributed by atoms with Gasteiger partial charge in [0.15, 0.2) is 0 Å². The van der Waals surface area contributed by atoms with Crippen molar-refractivity contribution in [3.05, 3.63) is 70.5 Å². The molecule has 29 heavy (non-hydrogen) atoms. The molecule has 2 amide bonds. The van der Waals surface area contributed by atoms with Crippen molar-refractivity contribution in [2.75, 3.05) is 0 Å². The summed E-state index contributed by atoms with van der Waals surface area (Å²) in [6, 6.07) is 12.5. The molecule has 0 heterocycles. The maximum atomic E-state index is 13.3. The van der Waals surface area contributed by atoms with Crippen LogP contribution < -0.4 is 5.32 Å². The fraction of sp³-hybridized carbons (Fsp3) is 0.391. The van der Waals surface area contributed by atoms with E-state index in [4.69, 9.17) is 11.6 Å². The van der Waals surface area contributed by atoms with Gasteiger partial charge < -0.3 is 10.2 Å². The standard InChI is InChI=1S/C23H28ClFN2O2/c1-4-16(3)26-23(29)21(5-2)27(15-18-8-12-20(25)13-9-18)22(28)14-17-6-10-19(24)11-7-17/h6-13,16,21H,4-5,14-15H2,1-3H3,(H,26,29)/t16-,21-/m0/s1. The van der Waals surface area contributed by atoms with E-state index in [-0.39, 0.29) is 36.6 Å². The van der Waals surface area contributed by atoms with E-state index in [0.717, 1.165) is 17.5 Å². The summed E-state index contributed by atoms with van der Waals surface area (Å²) in [5.41, 5.74) is 1.59. The number of halogens is 2. The molecule has 6 heteroatoms. The van der Waals surface area contributed by atoms with Crippen molar-refractivity contribution in [3.63, 3.8) is 0 Å². The van der Waals surface area contributed by atoms with Gasteiger partial charge in [-0.25, -0.2) is 4.39 Å². The molecule has 0 aliphatic rings. The second kappa shape index (κ2) is 11.0. The van der Waals surface area contributed by atoms with Gasteiger partial charge in [0.2, 0.25) is 11.8 Å². The van der Waals surface area contributed by atoms with E-state index in [1.165, 1.54) is 12.1 Å². The fourth-order valence-electron chi connectivity index (χ4n) is 3.03. The van der Waals surface area contributed by atoms with Crippen LogP contribution in [0.2, 0.25) is 5.02 Å². The molecular formula is C23H28ClFN2O2. The van der Waals surface area contributed by atoms with E-state index in [9.17, 15) is 14.0 Å². The van der Waals surface area contributed by atoms with E-state index in [2.05, 4.69) is 5.32 Å². The predicted molar refractivity (Wildman–Crippen MR) is 114 cm³/mol. The Morgan fingerprint density at radius 1 is 1.00 bits per heavy atom. The summed E-state index contributed by atoms with van der Waals surface area (Å²) >= 11 is 5.93. The van der Waals surface area contributed by atoms with Crippen molar-refractivity contribution in [2.24, 2.45) is 0 Å². The Balaban J connectivity index is 2.26. The van der Waals surface area contributed by atoms with Gasteiger partial charge in [-0.1, -0.05) is 49.7 Å². The molecule has 2 rings (SSSR count). The van der Waals surface area contributed by atoms with E-state index < -0.39 is 6.04 Å². The molecule has 1 N–H and O–H groups in total. The first-order valence-electron chi connectivity index (χ1n) is 9.92. The lowest BCUT2D eigenvalue weighted by atomic mass is 10.1. The largest absolute Gasteiger partial charge is 0.352 e. The van der Waals surface area contributed by atoms with Crippen LogP contribution in [0.5, 0.6) is 0 Å². The van der Waals surface area contributed by atoms with Gasteiger partial charge in [0.05, 0.1) is 6.42 Å². The van der Waals surface area contributed by atoms with Crippen LogP contribution >= 0.6 is 11.6 Å². The van der Waals surface area contributed by atoms with Crippen LogP contribution in [-0.4, -0.2) is 28.8 Å². The normalized spacial score (nSPS) is 12.9. The molecule has 0 aliphatic heterocycles. The van der Waals surface area contributed by atoms with Gasteiger partial charge in [-0.2, -0.15) is 0 Å². The Hall–Kier alpha value is -2.40. The van der Waals surface area contributed by atoms with Crippen molar-refractivity contribution in [2.45, 2.75) is 58.7 Å². The molecule has 156 valence electrons. The Bertz CT molecular complexity index is 809. The van der Waals surface area contributed by atoms with E-state index in [1.54, 1.807) is 41.3 Å². The summed E-state index contributed by atoms with van der Waals surface area (Å²) < 4.78 is 13.3. The summed E-state index contributed by atoms with van der Waals surface area (Å²) in [6.45, 7) is 6.05. The number of rotatable bonds is 9. The van der Waals surface area contributed by atoms with Crippen LogP contribution in [-0.2, 0) is 22.6 Å². The summed E-state index contributed by atoms with van der Waals surface area (Å²) in [6.07, 6.45) is 1.44. The Kier molecular flexibility index (Phi) is 8.65. The third-order valence-electron chi connectivity index (χ3n) is 4.92. The molecule has 0 radical (unpaired) electrons. The van der Waals surface area contributed by atoms with Crippen molar-refractivity contribution >= 4 is 23.4 Å². The molecular weight excluding hydrogens is 391 g/mol. The average molecular weight is 419 g/mol. The van der Waals surface area contributed by atoms with Crippen LogP contribution in [0, 0.1) is 5.82 Å². The van der Waals surface area contributed by atoms with Crippen molar-refractivity contribution in [1.29, 1.82) is 0 Å². The van der Waals surface area contributed by atoms with Crippen molar-refractivity contribution in [3.8, 4) is 0 Å². The van der Waals surface area contributed by atoms with Gasteiger partial charge in [0.1, 0.15) is 11.9 Å². The summed E-state index contributed by atoms with van der Waals surface area (Å²) in [5, 5.41) is 3.57. The van der Waals surface area contributed by atoms with Gasteiger partial charge in [-0.15, -0.1) is 0 Å². The summed E-state index contributed by atoms with van der Waals surface area (Å²) in [7, 11) is 0. The Morgan fingerprint density at radius 2 is 1.59 bits per heavy atom. The monoisotopic (exact) mass is 418 g/mol. The van der Waals surface area contributed by atoms with Crippen LogP contribution in [0.1, 0.15) is 44.7 Å². The third kappa shape index (κ3) is 6.86. The second-order valence-corrected chi connectivity index (χ2v) is 7.63. The smallest absolute Gasteiger partial charge is 0.243 e. The molecule has 4 nitrogen and oxygen atoms in total. The molecule has 2 aromatic rings. The van der Waals surface area contributed by atoms with Crippen LogP contribution in [0.15, 0.2) is 48.5 Å². The molecule has 2 aromatic carbocycles. The Morgan fingerprint density at radius 3 is 2.14 bits per heavy atom. The lowest BCUT2D eigenvalue weighted by Crippen LogP contribution is -2.51. The highest BCUT2D eigenvalue weighted by molar-refractivity contribution is 6.30. The topological polar surface area (TPSA) is 49.4 Å². The minimum absolute atomic E-state index is 0.0237. The van der Waals surface area contributed by atoms with E-state index in [1.807, 2.05) is 20.8 Å². The second-order valence-electron chi connectivity index (χ2n) is 7.19. The molecule has 0 spiro atoms. The van der Waals surface area contributed by atoms with Crippen molar-refractivity contribution < 1.29 is 14.0 Å². The maximum Gasteiger partial charge on any atom is 0.243 e. The number of nitrogens with one attached hydrogen (secondary N) is 1. The number of benzene rings is 2. The van der Waals surface area contributed by atoms with Crippen LogP contribution in [0.25, 0.3) is 0 Å². The molecule has 0 aromatic heterocycles. The Labute approximate surface area is 177 Å². The SMILES string of the molecule is CC[C@H](C)NC(=O)[C@H](CC)N(Cc1ccc(F)cc1)C(=O)Cc1ccc(Cl)cc1. The van der Waals surface area contributed by atoms with Crippen LogP contribution in [0.3, 0.4) is 0 Å². The first kappa shape index (κ1) is 22.9. The predicted octanol–water partition coefficient (Wildman–Crippen LogP) is 4.74. The van der Waals surface area contributed by atoms with Crippen molar-refractivity contribution in [1.82, 2.24) is 10.2 Å². The summed E-state index contributed by atoms with van der Waals surface area (Å²) in [5.74, 6) is -0.675. The molecule has 0 saturated carbocycles. The van der Waals surface area contributed by atoms with E-state index >= 15 is 0 Å². The first-order chi connectivity index (χ1) is 13.8.